The number of nitrogens with zero attached hydrogens (tertiary/aromatic N) is 2. The van der Waals surface area contributed by atoms with E-state index in [9.17, 15) is 9.18 Å². The number of fused-ring (bicyclic) bond motifs is 1. The molecular weight excluding hydrogens is 453 g/mol. The molecule has 0 aromatic heterocycles. The van der Waals surface area contributed by atoms with Crippen LogP contribution in [0.5, 0.6) is 0 Å². The van der Waals surface area contributed by atoms with Gasteiger partial charge in [0.05, 0.1) is 24.4 Å². The minimum absolute atomic E-state index is 0.00502. The molecule has 0 saturated carbocycles. The number of carbonyl (C=O) groups excluding carboxylic acids is 1. The molecule has 0 bridgehead atoms. The van der Waals surface area contributed by atoms with Crippen LogP contribution in [0.3, 0.4) is 0 Å². The minimum Gasteiger partial charge on any atom is -0.465 e. The molecule has 5 rings (SSSR count). The number of ether oxygens (including phenoxy) is 1. The summed E-state index contributed by atoms with van der Waals surface area (Å²) in [5.41, 5.74) is 6.40. The summed E-state index contributed by atoms with van der Waals surface area (Å²) < 4.78 is 19.3. The van der Waals surface area contributed by atoms with E-state index in [0.29, 0.717) is 5.69 Å². The molecule has 2 heterocycles. The zero-order valence-electron chi connectivity index (χ0n) is 21.5. The number of carbonyl (C=O) groups is 1. The first-order chi connectivity index (χ1) is 17.3. The number of piperazine rings is 1. The molecule has 1 atom stereocenters. The first-order valence-electron chi connectivity index (χ1n) is 12.6. The number of benzene rings is 3. The molecule has 0 amide bonds. The molecule has 3 aromatic carbocycles. The summed E-state index contributed by atoms with van der Waals surface area (Å²) in [6, 6.07) is 20.0. The Morgan fingerprint density at radius 1 is 1.00 bits per heavy atom. The molecule has 0 spiro atoms. The van der Waals surface area contributed by atoms with Crippen LogP contribution in [0, 0.1) is 12.7 Å². The zero-order chi connectivity index (χ0) is 25.4. The second kappa shape index (κ2) is 9.49. The zero-order valence-corrected chi connectivity index (χ0v) is 21.5. The van der Waals surface area contributed by atoms with E-state index in [0.717, 1.165) is 43.7 Å². The Morgan fingerprint density at radius 2 is 1.72 bits per heavy atom. The van der Waals surface area contributed by atoms with Crippen LogP contribution in [0.25, 0.3) is 0 Å². The van der Waals surface area contributed by atoms with Gasteiger partial charge in [-0.15, -0.1) is 0 Å². The molecule has 1 N–H and O–H groups in total. The summed E-state index contributed by atoms with van der Waals surface area (Å²) in [5, 5.41) is 3.55. The Kier molecular flexibility index (Phi) is 6.37. The van der Waals surface area contributed by atoms with Crippen molar-refractivity contribution in [3.63, 3.8) is 0 Å². The maximum atomic E-state index is 14.4. The lowest BCUT2D eigenvalue weighted by Crippen LogP contribution is -2.46. The second-order valence-electron chi connectivity index (χ2n) is 10.5. The van der Waals surface area contributed by atoms with E-state index in [1.807, 2.05) is 0 Å². The number of esters is 1. The lowest BCUT2D eigenvalue weighted by Gasteiger charge is -2.40. The van der Waals surface area contributed by atoms with Crippen LogP contribution in [0.15, 0.2) is 60.7 Å². The highest BCUT2D eigenvalue weighted by Crippen LogP contribution is 2.46. The summed E-state index contributed by atoms with van der Waals surface area (Å²) in [6.45, 7) is 10.2. The van der Waals surface area contributed by atoms with Crippen molar-refractivity contribution < 1.29 is 13.9 Å². The molecular formula is C30H34FN3O2. The van der Waals surface area contributed by atoms with Crippen LogP contribution in [0.4, 0.5) is 21.5 Å². The van der Waals surface area contributed by atoms with Crippen molar-refractivity contribution in [3.8, 4) is 0 Å². The van der Waals surface area contributed by atoms with Crippen LogP contribution < -0.4 is 15.1 Å². The number of methoxy groups -OCH3 is 1. The van der Waals surface area contributed by atoms with Crippen LogP contribution >= 0.6 is 0 Å². The topological polar surface area (TPSA) is 44.8 Å². The van der Waals surface area contributed by atoms with Gasteiger partial charge in [-0.25, -0.2) is 9.18 Å². The lowest BCUT2D eigenvalue weighted by atomic mass is 9.73. The highest BCUT2D eigenvalue weighted by atomic mass is 19.1. The molecule has 6 heteroatoms. The summed E-state index contributed by atoms with van der Waals surface area (Å²) >= 11 is 0. The van der Waals surface area contributed by atoms with Crippen LogP contribution in [-0.4, -0.2) is 39.3 Å². The number of hydrogen-bond donors (Lipinski definition) is 1. The minimum atomic E-state index is -0.532. The van der Waals surface area contributed by atoms with Gasteiger partial charge in [-0.2, -0.15) is 0 Å². The van der Waals surface area contributed by atoms with Gasteiger partial charge in [0.1, 0.15) is 5.82 Å². The Balaban J connectivity index is 1.38. The van der Waals surface area contributed by atoms with Gasteiger partial charge in [-0.1, -0.05) is 44.2 Å². The summed E-state index contributed by atoms with van der Waals surface area (Å²) in [5.74, 6) is -0.954. The highest BCUT2D eigenvalue weighted by Gasteiger charge is 2.36. The molecule has 1 fully saturated rings. The van der Waals surface area contributed by atoms with Gasteiger partial charge < -0.3 is 19.9 Å². The third-order valence-electron chi connectivity index (χ3n) is 7.64. The van der Waals surface area contributed by atoms with Crippen molar-refractivity contribution in [1.29, 1.82) is 0 Å². The van der Waals surface area contributed by atoms with Crippen molar-refractivity contribution in [2.75, 3.05) is 48.4 Å². The third-order valence-corrected chi connectivity index (χ3v) is 7.64. The van der Waals surface area contributed by atoms with E-state index in [-0.39, 0.29) is 17.0 Å². The van der Waals surface area contributed by atoms with Crippen molar-refractivity contribution in [2.24, 2.45) is 0 Å². The number of hydrogen-bond acceptors (Lipinski definition) is 5. The predicted octanol–water partition coefficient (Wildman–Crippen LogP) is 6.08. The standard InChI is InChI=1S/C30H34FN3O2/c1-20-8-5-6-11-27(20)34-14-12-33(13-15-34)23-10-7-9-21(16-23)26-19-30(2,3)25-18-22(31)17-24(28(25)32-26)29(35)36-4/h5-11,16-18,26,32H,12-15,19H2,1-4H3. The smallest absolute Gasteiger partial charge is 0.340 e. The molecule has 2 aliphatic heterocycles. The van der Waals surface area contributed by atoms with Gasteiger partial charge in [0.15, 0.2) is 0 Å². The molecule has 188 valence electrons. The first-order valence-corrected chi connectivity index (χ1v) is 12.6. The Morgan fingerprint density at radius 3 is 2.44 bits per heavy atom. The van der Waals surface area contributed by atoms with E-state index in [1.54, 1.807) is 0 Å². The molecule has 0 aliphatic carbocycles. The molecule has 1 saturated heterocycles. The van der Waals surface area contributed by atoms with E-state index < -0.39 is 11.8 Å². The quantitative estimate of drug-likeness (QED) is 0.452. The van der Waals surface area contributed by atoms with E-state index in [1.165, 1.54) is 36.2 Å². The number of nitrogens with one attached hydrogen (secondary N) is 1. The maximum absolute atomic E-state index is 14.4. The second-order valence-corrected chi connectivity index (χ2v) is 10.5. The van der Waals surface area contributed by atoms with E-state index in [4.69, 9.17) is 4.74 Å². The Hall–Kier alpha value is -3.54. The van der Waals surface area contributed by atoms with Gasteiger partial charge in [0.2, 0.25) is 0 Å². The average Bonchev–Trinajstić information content (AvgIpc) is 2.88. The highest BCUT2D eigenvalue weighted by molar-refractivity contribution is 5.97. The van der Waals surface area contributed by atoms with Crippen LogP contribution in [0.2, 0.25) is 0 Å². The monoisotopic (exact) mass is 487 g/mol. The molecule has 0 radical (unpaired) electrons. The number of aryl methyl sites for hydroxylation is 1. The Bertz CT molecular complexity index is 1280. The summed E-state index contributed by atoms with van der Waals surface area (Å²) in [4.78, 5) is 17.4. The average molecular weight is 488 g/mol. The molecule has 36 heavy (non-hydrogen) atoms. The summed E-state index contributed by atoms with van der Waals surface area (Å²) in [7, 11) is 1.33. The summed E-state index contributed by atoms with van der Waals surface area (Å²) in [6.07, 6.45) is 0.786. The largest absolute Gasteiger partial charge is 0.465 e. The van der Waals surface area contributed by atoms with Gasteiger partial charge in [0, 0.05) is 37.6 Å². The third kappa shape index (κ3) is 4.52. The van der Waals surface area contributed by atoms with Crippen LogP contribution in [0.1, 0.15) is 53.4 Å². The molecule has 2 aliphatic rings. The number of halogens is 1. The SMILES string of the molecule is COC(=O)c1cc(F)cc2c1NC(c1cccc(N3CCN(c4ccccc4C)CC3)c1)CC2(C)C. The van der Waals surface area contributed by atoms with E-state index in [2.05, 4.69) is 84.4 Å². The fraction of sp³-hybridized carbons (Fsp3) is 0.367. The van der Waals surface area contributed by atoms with Crippen molar-refractivity contribution in [1.82, 2.24) is 0 Å². The Labute approximate surface area is 212 Å². The molecule has 3 aromatic rings. The molecule has 1 unspecified atom stereocenters. The van der Waals surface area contributed by atoms with Gasteiger partial charge >= 0.3 is 5.97 Å². The lowest BCUT2D eigenvalue weighted by molar-refractivity contribution is 0.0601. The number of para-hydroxylation sites is 1. The fourth-order valence-corrected chi connectivity index (χ4v) is 5.68. The van der Waals surface area contributed by atoms with Gasteiger partial charge in [-0.3, -0.25) is 0 Å². The normalized spacial score (nSPS) is 18.9. The number of anilines is 3. The number of rotatable bonds is 4. The van der Waals surface area contributed by atoms with Crippen LogP contribution in [-0.2, 0) is 10.2 Å². The van der Waals surface area contributed by atoms with Crippen molar-refractivity contribution in [2.45, 2.75) is 38.6 Å². The van der Waals surface area contributed by atoms with Crippen molar-refractivity contribution >= 4 is 23.0 Å². The van der Waals surface area contributed by atoms with Gasteiger partial charge in [-0.05, 0) is 65.8 Å². The predicted molar refractivity (Wildman–Crippen MR) is 144 cm³/mol. The van der Waals surface area contributed by atoms with E-state index >= 15 is 0 Å². The fourth-order valence-electron chi connectivity index (χ4n) is 5.68. The first kappa shape index (κ1) is 24.2. The maximum Gasteiger partial charge on any atom is 0.340 e. The van der Waals surface area contributed by atoms with Gasteiger partial charge in [0.25, 0.3) is 0 Å². The van der Waals surface area contributed by atoms with Crippen molar-refractivity contribution in [3.05, 3.63) is 88.7 Å². The molecule has 5 nitrogen and oxygen atoms in total.